The Morgan fingerprint density at radius 2 is 2.21 bits per heavy atom. The zero-order chi connectivity index (χ0) is 24.3. The van der Waals surface area contributed by atoms with Gasteiger partial charge in [-0.15, -0.1) is 35.1 Å². The van der Waals surface area contributed by atoms with Crippen LogP contribution in [-0.2, 0) is 4.74 Å². The molecule has 34 heavy (non-hydrogen) atoms. The number of rotatable bonds is 9. The number of amides is 2. The lowest BCUT2D eigenvalue weighted by Crippen LogP contribution is -2.50. The van der Waals surface area contributed by atoms with Gasteiger partial charge < -0.3 is 25.2 Å². The van der Waals surface area contributed by atoms with Crippen molar-refractivity contribution < 1.29 is 19.7 Å². The van der Waals surface area contributed by atoms with Crippen LogP contribution in [0.3, 0.4) is 0 Å². The van der Waals surface area contributed by atoms with Gasteiger partial charge in [0.25, 0.3) is 0 Å². The summed E-state index contributed by atoms with van der Waals surface area (Å²) >= 11 is 10.2. The van der Waals surface area contributed by atoms with Crippen LogP contribution in [-0.4, -0.2) is 106 Å². The SMILES string of the molecule is CNC(O)CCCSC1CNC(NC(=O)N2CC3(CCN(C(O)OC)C3)C3CC(Cl)CCC32)S1. The van der Waals surface area contributed by atoms with Crippen LogP contribution in [0.5, 0.6) is 0 Å². The minimum absolute atomic E-state index is 0.00145. The summed E-state index contributed by atoms with van der Waals surface area (Å²) in [6.45, 7) is 3.05. The second-order valence-electron chi connectivity index (χ2n) is 9.98. The maximum atomic E-state index is 13.4. The molecule has 8 atom stereocenters. The van der Waals surface area contributed by atoms with Crippen LogP contribution < -0.4 is 16.0 Å². The minimum atomic E-state index is -0.897. The zero-order valence-corrected chi connectivity index (χ0v) is 22.5. The number of ether oxygens (including phenoxy) is 1. The first kappa shape index (κ1) is 27.1. The molecule has 1 aliphatic carbocycles. The predicted molar refractivity (Wildman–Crippen MR) is 138 cm³/mol. The maximum Gasteiger partial charge on any atom is 0.319 e. The lowest BCUT2D eigenvalue weighted by Gasteiger charge is -2.38. The van der Waals surface area contributed by atoms with E-state index in [0.29, 0.717) is 17.0 Å². The average Bonchev–Trinajstić information content (AvgIpc) is 3.54. The first-order chi connectivity index (χ1) is 16.3. The molecule has 2 amide bonds. The number of methoxy groups -OCH3 is 1. The highest BCUT2D eigenvalue weighted by molar-refractivity contribution is 8.17. The number of halogens is 1. The van der Waals surface area contributed by atoms with Crippen LogP contribution in [0.2, 0.25) is 0 Å². The highest BCUT2D eigenvalue weighted by Crippen LogP contribution is 2.53. The lowest BCUT2D eigenvalue weighted by atomic mass is 9.69. The summed E-state index contributed by atoms with van der Waals surface area (Å²) in [6, 6.07) is 0.197. The summed E-state index contributed by atoms with van der Waals surface area (Å²) in [5.41, 5.74) is -0.135. The van der Waals surface area contributed by atoms with Gasteiger partial charge in [-0.25, -0.2) is 4.79 Å². The fraction of sp³-hybridized carbons (Fsp3) is 0.955. The Morgan fingerprint density at radius 1 is 1.38 bits per heavy atom. The topological polar surface area (TPSA) is 109 Å². The maximum absolute atomic E-state index is 13.4. The number of hydrogen-bond acceptors (Lipinski definition) is 9. The number of likely N-dealkylation sites (tertiary alicyclic amines) is 2. The van der Waals surface area contributed by atoms with Gasteiger partial charge in [-0.2, -0.15) is 0 Å². The molecular weight excluding hydrogens is 498 g/mol. The van der Waals surface area contributed by atoms with Crippen LogP contribution in [0.1, 0.15) is 38.5 Å². The number of alkyl halides is 1. The molecule has 1 saturated carbocycles. The summed E-state index contributed by atoms with van der Waals surface area (Å²) in [5.74, 6) is 1.34. The molecule has 4 fully saturated rings. The van der Waals surface area contributed by atoms with Crippen LogP contribution >= 0.6 is 35.1 Å². The number of urea groups is 1. The predicted octanol–water partition coefficient (Wildman–Crippen LogP) is 1.40. The first-order valence-electron chi connectivity index (χ1n) is 12.4. The van der Waals surface area contributed by atoms with Crippen LogP contribution in [0.15, 0.2) is 0 Å². The van der Waals surface area contributed by atoms with E-state index in [9.17, 15) is 15.0 Å². The molecule has 3 saturated heterocycles. The quantitative estimate of drug-likeness (QED) is 0.169. The van der Waals surface area contributed by atoms with Crippen LogP contribution in [0.25, 0.3) is 0 Å². The molecule has 5 N–H and O–H groups in total. The van der Waals surface area contributed by atoms with Crippen LogP contribution in [0.4, 0.5) is 4.79 Å². The highest BCUT2D eigenvalue weighted by Gasteiger charge is 2.58. The van der Waals surface area contributed by atoms with Crippen molar-refractivity contribution in [3.63, 3.8) is 0 Å². The second-order valence-corrected chi connectivity index (χ2v) is 13.5. The number of fused-ring (bicyclic) bond motifs is 2. The van der Waals surface area contributed by atoms with Crippen molar-refractivity contribution in [3.05, 3.63) is 0 Å². The summed E-state index contributed by atoms with van der Waals surface area (Å²) < 4.78 is 5.54. The van der Waals surface area contributed by atoms with Crippen molar-refractivity contribution in [2.24, 2.45) is 11.3 Å². The Kier molecular flexibility index (Phi) is 9.59. The Labute approximate surface area is 216 Å². The molecule has 3 aliphatic heterocycles. The van der Waals surface area contributed by atoms with Gasteiger partial charge >= 0.3 is 6.03 Å². The second kappa shape index (κ2) is 12.0. The molecule has 0 aromatic carbocycles. The number of carbonyl (C=O) groups is 1. The van der Waals surface area contributed by atoms with E-state index in [4.69, 9.17) is 16.3 Å². The van der Waals surface area contributed by atoms with Crippen molar-refractivity contribution in [1.29, 1.82) is 0 Å². The normalized spacial score (nSPS) is 37.8. The zero-order valence-electron chi connectivity index (χ0n) is 20.1. The summed E-state index contributed by atoms with van der Waals surface area (Å²) in [5, 5.41) is 29.5. The molecule has 0 aromatic rings. The van der Waals surface area contributed by atoms with Crippen molar-refractivity contribution >= 4 is 41.2 Å². The summed E-state index contributed by atoms with van der Waals surface area (Å²) in [6.07, 6.45) is 4.10. The number of aliphatic hydroxyl groups excluding tert-OH is 2. The standard InChI is InChI=1S/C22H40ClN5O4S2/c1-24-17(29)4-3-9-33-18-11-25-19(34-18)26-20(30)28-13-22(7-8-27(12-22)21(31)32-2)15-10-14(23)5-6-16(15)28/h14-19,21,24-25,29,31H,3-13H2,1-2H3,(H,26,30). The Bertz CT molecular complexity index is 700. The summed E-state index contributed by atoms with van der Waals surface area (Å²) in [4.78, 5) is 17.5. The van der Waals surface area contributed by atoms with Gasteiger partial charge in [0.05, 0.1) is 4.58 Å². The molecule has 4 rings (SSSR count). The van der Waals surface area contributed by atoms with Gasteiger partial charge in [-0.3, -0.25) is 15.5 Å². The number of carbonyl (C=O) groups excluding carboxylic acids is 1. The Morgan fingerprint density at radius 3 is 2.97 bits per heavy atom. The number of nitrogens with zero attached hydrogens (tertiary/aromatic N) is 2. The third-order valence-electron chi connectivity index (χ3n) is 7.89. The molecule has 0 bridgehead atoms. The number of aliphatic hydroxyl groups is 2. The molecule has 0 aromatic heterocycles. The molecule has 3 heterocycles. The monoisotopic (exact) mass is 537 g/mol. The average molecular weight is 538 g/mol. The molecule has 12 heteroatoms. The van der Waals surface area contributed by atoms with E-state index >= 15 is 0 Å². The fourth-order valence-electron chi connectivity index (χ4n) is 6.09. The Balaban J connectivity index is 1.31. The number of hydrogen-bond donors (Lipinski definition) is 5. The van der Waals surface area contributed by atoms with E-state index in [0.717, 1.165) is 63.9 Å². The van der Waals surface area contributed by atoms with Gasteiger partial charge in [0.15, 0.2) is 0 Å². The van der Waals surface area contributed by atoms with Gasteiger partial charge in [0.2, 0.25) is 6.41 Å². The largest absolute Gasteiger partial charge is 0.379 e. The van der Waals surface area contributed by atoms with E-state index < -0.39 is 12.6 Å². The molecule has 196 valence electrons. The van der Waals surface area contributed by atoms with E-state index in [-0.39, 0.29) is 28.4 Å². The highest BCUT2D eigenvalue weighted by atomic mass is 35.5. The minimum Gasteiger partial charge on any atom is -0.379 e. The molecule has 4 aliphatic rings. The number of nitrogens with one attached hydrogen (secondary N) is 3. The molecule has 9 nitrogen and oxygen atoms in total. The van der Waals surface area contributed by atoms with E-state index in [2.05, 4.69) is 20.9 Å². The van der Waals surface area contributed by atoms with Crippen molar-refractivity contribution in [3.8, 4) is 0 Å². The van der Waals surface area contributed by atoms with Crippen LogP contribution in [0, 0.1) is 11.3 Å². The van der Waals surface area contributed by atoms with Gasteiger partial charge in [-0.05, 0) is 57.2 Å². The van der Waals surface area contributed by atoms with Gasteiger partial charge in [0, 0.05) is 50.1 Å². The first-order valence-corrected chi connectivity index (χ1v) is 14.8. The van der Waals surface area contributed by atoms with Crippen molar-refractivity contribution in [2.45, 2.75) is 72.7 Å². The molecular formula is C22H40ClN5O4S2. The third kappa shape index (κ3) is 6.11. The molecule has 0 radical (unpaired) electrons. The van der Waals surface area contributed by atoms with Crippen molar-refractivity contribution in [2.75, 3.05) is 46.1 Å². The van der Waals surface area contributed by atoms with Gasteiger partial charge in [0.1, 0.15) is 11.7 Å². The number of thioether (sulfide) groups is 2. The Hall–Kier alpha value is 0.0200. The summed E-state index contributed by atoms with van der Waals surface area (Å²) in [7, 11) is 3.28. The van der Waals surface area contributed by atoms with Crippen molar-refractivity contribution in [1.82, 2.24) is 25.8 Å². The lowest BCUT2D eigenvalue weighted by molar-refractivity contribution is -0.172. The smallest absolute Gasteiger partial charge is 0.319 e. The van der Waals surface area contributed by atoms with E-state index in [1.807, 2.05) is 16.7 Å². The van der Waals surface area contributed by atoms with E-state index in [1.54, 1.807) is 18.8 Å². The van der Waals surface area contributed by atoms with Gasteiger partial charge in [-0.1, -0.05) is 0 Å². The molecule has 8 unspecified atom stereocenters. The van der Waals surface area contributed by atoms with E-state index in [1.165, 1.54) is 7.11 Å². The molecule has 1 spiro atoms. The fourth-order valence-corrected chi connectivity index (χ4v) is 9.02. The third-order valence-corrected chi connectivity index (χ3v) is 11.1.